The molecule has 0 radical (unpaired) electrons. The lowest BCUT2D eigenvalue weighted by atomic mass is 10.3. The van der Waals surface area contributed by atoms with Gasteiger partial charge in [0.1, 0.15) is 0 Å². The van der Waals surface area contributed by atoms with Crippen LogP contribution in [0.5, 0.6) is 0 Å². The van der Waals surface area contributed by atoms with Gasteiger partial charge in [-0.25, -0.2) is 0 Å². The molecule has 76 valence electrons. The van der Waals surface area contributed by atoms with Crippen LogP contribution in [0.15, 0.2) is 33.6 Å². The van der Waals surface area contributed by atoms with Crippen LogP contribution in [0.25, 0.3) is 0 Å². The summed E-state index contributed by atoms with van der Waals surface area (Å²) in [5.74, 6) is -0.250. The molecule has 1 aromatic rings. The van der Waals surface area contributed by atoms with Crippen molar-refractivity contribution in [2.24, 2.45) is 5.73 Å². The van der Waals surface area contributed by atoms with Gasteiger partial charge in [0.15, 0.2) is 0 Å². The highest BCUT2D eigenvalue weighted by atomic mass is 79.9. The summed E-state index contributed by atoms with van der Waals surface area (Å²) in [5.41, 5.74) is 5.26. The first-order valence-electron chi connectivity index (χ1n) is 4.35. The van der Waals surface area contributed by atoms with Crippen molar-refractivity contribution < 1.29 is 4.79 Å². The van der Waals surface area contributed by atoms with Crippen molar-refractivity contribution in [2.75, 3.05) is 0 Å². The summed E-state index contributed by atoms with van der Waals surface area (Å²) >= 11 is 4.87. The van der Waals surface area contributed by atoms with E-state index in [2.05, 4.69) is 15.9 Å². The maximum atomic E-state index is 11.0. The summed E-state index contributed by atoms with van der Waals surface area (Å²) in [6.45, 7) is 1.96. The van der Waals surface area contributed by atoms with Gasteiger partial charge in [-0.05, 0) is 30.7 Å². The number of nitrogens with two attached hydrogens (primary N) is 1. The van der Waals surface area contributed by atoms with Crippen molar-refractivity contribution in [3.8, 4) is 0 Å². The van der Waals surface area contributed by atoms with Crippen molar-refractivity contribution in [3.05, 3.63) is 28.7 Å². The van der Waals surface area contributed by atoms with Gasteiger partial charge in [-0.2, -0.15) is 0 Å². The largest absolute Gasteiger partial charge is 0.369 e. The molecule has 0 fully saturated rings. The molecule has 0 spiro atoms. The van der Waals surface area contributed by atoms with E-state index in [1.165, 1.54) is 11.8 Å². The second kappa shape index (κ2) is 5.41. The molecule has 1 aromatic carbocycles. The monoisotopic (exact) mass is 273 g/mol. The van der Waals surface area contributed by atoms with Gasteiger partial charge in [-0.3, -0.25) is 4.79 Å². The number of thioether (sulfide) groups is 1. The van der Waals surface area contributed by atoms with Gasteiger partial charge in [0, 0.05) is 9.37 Å². The molecule has 0 saturated heterocycles. The molecule has 4 heteroatoms. The number of carbonyl (C=O) groups excluding carboxylic acids is 1. The van der Waals surface area contributed by atoms with E-state index in [1.807, 2.05) is 31.2 Å². The van der Waals surface area contributed by atoms with Crippen LogP contribution in [-0.2, 0) is 4.79 Å². The Balaban J connectivity index is 2.67. The Labute approximate surface area is 96.4 Å². The average Bonchev–Trinajstić information content (AvgIpc) is 2.16. The second-order valence-electron chi connectivity index (χ2n) is 2.87. The molecule has 0 aliphatic rings. The molecule has 0 aromatic heterocycles. The molecule has 0 aliphatic carbocycles. The zero-order chi connectivity index (χ0) is 10.6. The Hall–Kier alpha value is -0.480. The van der Waals surface area contributed by atoms with E-state index in [0.717, 1.165) is 15.8 Å². The molecule has 1 rings (SSSR count). The summed E-state index contributed by atoms with van der Waals surface area (Å²) in [4.78, 5) is 12.1. The van der Waals surface area contributed by atoms with Gasteiger partial charge < -0.3 is 5.73 Å². The van der Waals surface area contributed by atoms with Gasteiger partial charge in [0.05, 0.1) is 5.25 Å². The molecule has 1 unspecified atom stereocenters. The number of benzene rings is 1. The summed E-state index contributed by atoms with van der Waals surface area (Å²) in [7, 11) is 0. The minimum atomic E-state index is -0.250. The number of amides is 1. The van der Waals surface area contributed by atoms with Gasteiger partial charge in [-0.15, -0.1) is 11.8 Å². The van der Waals surface area contributed by atoms with Crippen LogP contribution in [0.3, 0.4) is 0 Å². The summed E-state index contributed by atoms with van der Waals surface area (Å²) in [5, 5.41) is -0.129. The molecule has 0 heterocycles. The Morgan fingerprint density at radius 2 is 2.07 bits per heavy atom. The second-order valence-corrected chi connectivity index (χ2v) is 5.06. The van der Waals surface area contributed by atoms with Crippen LogP contribution >= 0.6 is 27.7 Å². The zero-order valence-corrected chi connectivity index (χ0v) is 10.3. The molecule has 2 nitrogen and oxygen atoms in total. The molecular weight excluding hydrogens is 262 g/mol. The fourth-order valence-electron chi connectivity index (χ4n) is 1.02. The van der Waals surface area contributed by atoms with Gasteiger partial charge in [0.2, 0.25) is 5.91 Å². The number of carbonyl (C=O) groups is 1. The van der Waals surface area contributed by atoms with Crippen molar-refractivity contribution in [1.82, 2.24) is 0 Å². The predicted octanol–water partition coefficient (Wildman–Crippen LogP) is 2.81. The third-order valence-electron chi connectivity index (χ3n) is 1.78. The molecule has 0 aliphatic heterocycles. The summed E-state index contributed by atoms with van der Waals surface area (Å²) in [6, 6.07) is 7.85. The molecule has 0 saturated carbocycles. The highest BCUT2D eigenvalue weighted by Crippen LogP contribution is 2.26. The zero-order valence-electron chi connectivity index (χ0n) is 7.87. The number of primary amides is 1. The van der Waals surface area contributed by atoms with Crippen molar-refractivity contribution in [1.29, 1.82) is 0 Å². The van der Waals surface area contributed by atoms with Crippen molar-refractivity contribution in [2.45, 2.75) is 23.5 Å². The maximum Gasteiger partial charge on any atom is 0.230 e. The SMILES string of the molecule is CCC(Sc1ccc(Br)cc1)C(N)=O. The fourth-order valence-corrected chi connectivity index (χ4v) is 2.19. The lowest BCUT2D eigenvalue weighted by Crippen LogP contribution is -2.24. The van der Waals surface area contributed by atoms with E-state index >= 15 is 0 Å². The molecule has 1 amide bonds. The predicted molar refractivity (Wildman–Crippen MR) is 63.3 cm³/mol. The Kier molecular flexibility index (Phi) is 4.48. The first-order chi connectivity index (χ1) is 6.63. The molecule has 0 bridgehead atoms. The Morgan fingerprint density at radius 1 is 1.50 bits per heavy atom. The van der Waals surface area contributed by atoms with E-state index in [4.69, 9.17) is 5.73 Å². The quantitative estimate of drug-likeness (QED) is 0.858. The first kappa shape index (κ1) is 11.6. The fraction of sp³-hybridized carbons (Fsp3) is 0.300. The number of hydrogen-bond acceptors (Lipinski definition) is 2. The van der Waals surface area contributed by atoms with E-state index in [-0.39, 0.29) is 11.2 Å². The smallest absolute Gasteiger partial charge is 0.230 e. The minimum absolute atomic E-state index is 0.129. The minimum Gasteiger partial charge on any atom is -0.369 e. The van der Waals surface area contributed by atoms with Crippen LogP contribution in [0.1, 0.15) is 13.3 Å². The van der Waals surface area contributed by atoms with Crippen LogP contribution in [0.4, 0.5) is 0 Å². The summed E-state index contributed by atoms with van der Waals surface area (Å²) < 4.78 is 1.04. The standard InChI is InChI=1S/C10H12BrNOS/c1-2-9(10(12)13)14-8-5-3-7(11)4-6-8/h3-6,9H,2H2,1H3,(H2,12,13). The lowest BCUT2D eigenvalue weighted by Gasteiger charge is -2.09. The Morgan fingerprint density at radius 3 is 2.50 bits per heavy atom. The van der Waals surface area contributed by atoms with Crippen molar-refractivity contribution >= 4 is 33.6 Å². The molecule has 14 heavy (non-hydrogen) atoms. The van der Waals surface area contributed by atoms with E-state index in [1.54, 1.807) is 0 Å². The Bertz CT molecular complexity index is 312. The van der Waals surface area contributed by atoms with Crippen LogP contribution in [0.2, 0.25) is 0 Å². The number of rotatable bonds is 4. The average molecular weight is 274 g/mol. The summed E-state index contributed by atoms with van der Waals surface area (Å²) in [6.07, 6.45) is 0.760. The highest BCUT2D eigenvalue weighted by Gasteiger charge is 2.13. The highest BCUT2D eigenvalue weighted by molar-refractivity contribution is 9.10. The normalized spacial score (nSPS) is 12.4. The molecule has 2 N–H and O–H groups in total. The molecule has 1 atom stereocenters. The molecular formula is C10H12BrNOS. The number of hydrogen-bond donors (Lipinski definition) is 1. The van der Waals surface area contributed by atoms with Crippen LogP contribution < -0.4 is 5.73 Å². The van der Waals surface area contributed by atoms with E-state index < -0.39 is 0 Å². The van der Waals surface area contributed by atoms with Gasteiger partial charge in [-0.1, -0.05) is 22.9 Å². The number of halogens is 1. The van der Waals surface area contributed by atoms with Crippen LogP contribution in [-0.4, -0.2) is 11.2 Å². The maximum absolute atomic E-state index is 11.0. The van der Waals surface area contributed by atoms with Crippen molar-refractivity contribution in [3.63, 3.8) is 0 Å². The van der Waals surface area contributed by atoms with E-state index in [0.29, 0.717) is 0 Å². The first-order valence-corrected chi connectivity index (χ1v) is 6.02. The van der Waals surface area contributed by atoms with Gasteiger partial charge in [0.25, 0.3) is 0 Å². The van der Waals surface area contributed by atoms with E-state index in [9.17, 15) is 4.79 Å². The van der Waals surface area contributed by atoms with Crippen LogP contribution in [0, 0.1) is 0 Å². The van der Waals surface area contributed by atoms with Gasteiger partial charge >= 0.3 is 0 Å². The third-order valence-corrected chi connectivity index (χ3v) is 3.70. The third kappa shape index (κ3) is 3.35. The topological polar surface area (TPSA) is 43.1 Å². The lowest BCUT2D eigenvalue weighted by molar-refractivity contribution is -0.117.